The summed E-state index contributed by atoms with van der Waals surface area (Å²) in [7, 11) is 2.99. The molecule has 41 heavy (non-hydrogen) atoms. The summed E-state index contributed by atoms with van der Waals surface area (Å²) in [5.74, 6) is -1.58. The maximum Gasteiger partial charge on any atom is 0.308 e. The Kier molecular flexibility index (Phi) is 8.84. The van der Waals surface area contributed by atoms with Gasteiger partial charge in [0.15, 0.2) is 11.4 Å². The number of ether oxygens (including phenoxy) is 3. The van der Waals surface area contributed by atoms with Crippen molar-refractivity contribution in [2.75, 3.05) is 32.7 Å². The third-order valence-electron chi connectivity index (χ3n) is 8.01. The summed E-state index contributed by atoms with van der Waals surface area (Å²) in [5, 5.41) is 2.89. The third-order valence-corrected chi connectivity index (χ3v) is 8.01. The highest BCUT2D eigenvalue weighted by Gasteiger charge is 2.38. The van der Waals surface area contributed by atoms with E-state index in [-0.39, 0.29) is 65.1 Å². The van der Waals surface area contributed by atoms with E-state index in [1.807, 2.05) is 0 Å². The van der Waals surface area contributed by atoms with Gasteiger partial charge in [-0.15, -0.1) is 0 Å². The number of halogens is 2. The molecule has 3 aromatic rings. The highest BCUT2D eigenvalue weighted by Crippen LogP contribution is 2.32. The first kappa shape index (κ1) is 28.9. The Labute approximate surface area is 237 Å². The second-order valence-electron chi connectivity index (χ2n) is 10.8. The summed E-state index contributed by atoms with van der Waals surface area (Å²) in [4.78, 5) is 31.2. The highest BCUT2D eigenvalue weighted by molar-refractivity contribution is 5.83. The standard InChI is InChI=1S/C30H35F2N3O6/c1-17-4-8-20(31)13-25(17)34-30-33-24-11-7-19(27(32)28(24)41-30)12-26(36)35-15-23(14-21(35)16-38-2)40-22-9-5-18(6-10-22)29(37)39-3/h4,7-8,11,13,18,21-23H,5-6,9-10,12,14-16H2,1-3H3,(H,33,34)/t18-,21-,22-,23+/m0/s1. The van der Waals surface area contributed by atoms with E-state index < -0.39 is 11.6 Å². The van der Waals surface area contributed by atoms with Crippen LogP contribution in [0, 0.1) is 24.5 Å². The van der Waals surface area contributed by atoms with Crippen LogP contribution in [-0.2, 0) is 30.2 Å². The lowest BCUT2D eigenvalue weighted by molar-refractivity contribution is -0.148. The molecule has 220 valence electrons. The highest BCUT2D eigenvalue weighted by atomic mass is 19.1. The fourth-order valence-electron chi connectivity index (χ4n) is 5.80. The van der Waals surface area contributed by atoms with Crippen LogP contribution in [0.3, 0.4) is 0 Å². The molecular weight excluding hydrogens is 536 g/mol. The summed E-state index contributed by atoms with van der Waals surface area (Å²) in [5.41, 5.74) is 1.62. The molecule has 1 aliphatic carbocycles. The third kappa shape index (κ3) is 6.51. The van der Waals surface area contributed by atoms with E-state index in [2.05, 4.69) is 10.3 Å². The molecular formula is C30H35F2N3O6. The first-order valence-corrected chi connectivity index (χ1v) is 13.9. The SMILES string of the molecule is COC[C@@H]1C[C@@H](O[C@H]2CC[C@H](C(=O)OC)CC2)CN1C(=O)Cc1ccc2nc(Nc3cc(F)ccc3C)oc2c1F. The van der Waals surface area contributed by atoms with Crippen molar-refractivity contribution < 1.29 is 37.0 Å². The molecule has 1 N–H and O–H groups in total. The Morgan fingerprint density at radius 2 is 1.88 bits per heavy atom. The minimum absolute atomic E-state index is 0.0180. The van der Waals surface area contributed by atoms with Gasteiger partial charge in [-0.05, 0) is 62.8 Å². The van der Waals surface area contributed by atoms with Gasteiger partial charge >= 0.3 is 5.97 Å². The Hall–Kier alpha value is -3.57. The zero-order chi connectivity index (χ0) is 29.1. The number of anilines is 2. The molecule has 2 atom stereocenters. The summed E-state index contributed by atoms with van der Waals surface area (Å²) in [6.45, 7) is 2.53. The number of nitrogens with one attached hydrogen (secondary N) is 1. The molecule has 2 aliphatic rings. The lowest BCUT2D eigenvalue weighted by atomic mass is 9.87. The second-order valence-corrected chi connectivity index (χ2v) is 10.8. The quantitative estimate of drug-likeness (QED) is 0.356. The predicted molar refractivity (Wildman–Crippen MR) is 147 cm³/mol. The number of rotatable bonds is 9. The van der Waals surface area contributed by atoms with Gasteiger partial charge in [-0.25, -0.2) is 8.78 Å². The molecule has 0 bridgehead atoms. The smallest absolute Gasteiger partial charge is 0.308 e. The van der Waals surface area contributed by atoms with Crippen molar-refractivity contribution in [2.24, 2.45) is 5.92 Å². The number of esters is 1. The number of hydrogen-bond donors (Lipinski definition) is 1. The van der Waals surface area contributed by atoms with Crippen molar-refractivity contribution in [1.82, 2.24) is 9.88 Å². The minimum Gasteiger partial charge on any atom is -0.469 e. The molecule has 2 heterocycles. The van der Waals surface area contributed by atoms with Crippen LogP contribution in [-0.4, -0.2) is 67.4 Å². The number of carbonyl (C=O) groups excluding carboxylic acids is 2. The normalized spacial score (nSPS) is 22.7. The molecule has 9 nitrogen and oxygen atoms in total. The zero-order valence-electron chi connectivity index (χ0n) is 23.5. The number of aromatic nitrogens is 1. The largest absolute Gasteiger partial charge is 0.469 e. The topological polar surface area (TPSA) is 103 Å². The van der Waals surface area contributed by atoms with Crippen molar-refractivity contribution in [3.05, 3.63) is 53.1 Å². The van der Waals surface area contributed by atoms with Crippen LogP contribution in [0.5, 0.6) is 0 Å². The molecule has 5 rings (SSSR count). The van der Waals surface area contributed by atoms with Crippen molar-refractivity contribution >= 4 is 34.7 Å². The molecule has 2 aromatic carbocycles. The van der Waals surface area contributed by atoms with Gasteiger partial charge in [-0.2, -0.15) is 4.98 Å². The van der Waals surface area contributed by atoms with Gasteiger partial charge in [-0.3, -0.25) is 9.59 Å². The molecule has 2 fully saturated rings. The lowest BCUT2D eigenvalue weighted by Gasteiger charge is -2.29. The van der Waals surface area contributed by atoms with Crippen molar-refractivity contribution in [3.63, 3.8) is 0 Å². The summed E-state index contributed by atoms with van der Waals surface area (Å²) in [6.07, 6.45) is 3.27. The van der Waals surface area contributed by atoms with Crippen LogP contribution >= 0.6 is 0 Å². The van der Waals surface area contributed by atoms with Crippen molar-refractivity contribution in [3.8, 4) is 0 Å². The van der Waals surface area contributed by atoms with Crippen LogP contribution in [0.25, 0.3) is 11.1 Å². The van der Waals surface area contributed by atoms with E-state index in [0.29, 0.717) is 25.3 Å². The number of nitrogens with zero attached hydrogens (tertiary/aromatic N) is 2. The molecule has 11 heteroatoms. The fourth-order valence-corrected chi connectivity index (χ4v) is 5.80. The van der Waals surface area contributed by atoms with E-state index in [9.17, 15) is 14.0 Å². The number of oxazole rings is 1. The van der Waals surface area contributed by atoms with Crippen LogP contribution in [0.2, 0.25) is 0 Å². The number of likely N-dealkylation sites (tertiary alicyclic amines) is 1. The molecule has 1 amide bonds. The molecule has 0 radical (unpaired) electrons. The van der Waals surface area contributed by atoms with Gasteiger partial charge in [0.25, 0.3) is 6.01 Å². The van der Waals surface area contributed by atoms with E-state index >= 15 is 4.39 Å². The number of aryl methyl sites for hydroxylation is 1. The Morgan fingerprint density at radius 3 is 2.61 bits per heavy atom. The monoisotopic (exact) mass is 571 g/mol. The summed E-state index contributed by atoms with van der Waals surface area (Å²) < 4.78 is 51.4. The Bertz CT molecular complexity index is 1400. The number of amides is 1. The first-order chi connectivity index (χ1) is 19.7. The lowest BCUT2D eigenvalue weighted by Crippen LogP contribution is -2.39. The van der Waals surface area contributed by atoms with Crippen molar-refractivity contribution in [2.45, 2.75) is 63.7 Å². The van der Waals surface area contributed by atoms with E-state index in [1.165, 1.54) is 25.3 Å². The summed E-state index contributed by atoms with van der Waals surface area (Å²) >= 11 is 0. The number of hydrogen-bond acceptors (Lipinski definition) is 8. The number of carbonyl (C=O) groups is 2. The molecule has 1 saturated carbocycles. The van der Waals surface area contributed by atoms with E-state index in [4.69, 9.17) is 18.6 Å². The van der Waals surface area contributed by atoms with Gasteiger partial charge in [0.1, 0.15) is 11.3 Å². The van der Waals surface area contributed by atoms with Crippen molar-refractivity contribution in [1.29, 1.82) is 0 Å². The van der Waals surface area contributed by atoms with Gasteiger partial charge < -0.3 is 28.8 Å². The van der Waals surface area contributed by atoms with Gasteiger partial charge in [0.05, 0.1) is 44.3 Å². The van der Waals surface area contributed by atoms with Gasteiger partial charge in [-0.1, -0.05) is 12.1 Å². The fraction of sp³-hybridized carbons (Fsp3) is 0.500. The Balaban J connectivity index is 1.24. The summed E-state index contributed by atoms with van der Waals surface area (Å²) in [6, 6.07) is 7.24. The average molecular weight is 572 g/mol. The maximum absolute atomic E-state index is 15.5. The van der Waals surface area contributed by atoms with Crippen LogP contribution in [0.4, 0.5) is 20.5 Å². The minimum atomic E-state index is -0.662. The molecule has 1 aliphatic heterocycles. The number of benzene rings is 2. The van der Waals surface area contributed by atoms with Gasteiger partial charge in [0, 0.05) is 24.9 Å². The van der Waals surface area contributed by atoms with Gasteiger partial charge in [0.2, 0.25) is 5.91 Å². The number of methoxy groups -OCH3 is 2. The first-order valence-electron chi connectivity index (χ1n) is 13.9. The van der Waals surface area contributed by atoms with E-state index in [0.717, 1.165) is 31.2 Å². The molecule has 0 spiro atoms. The predicted octanol–water partition coefficient (Wildman–Crippen LogP) is 5.06. The molecule has 1 saturated heterocycles. The van der Waals surface area contributed by atoms with Crippen LogP contribution in [0.15, 0.2) is 34.7 Å². The van der Waals surface area contributed by atoms with Crippen LogP contribution in [0.1, 0.15) is 43.2 Å². The maximum atomic E-state index is 15.5. The molecule has 0 unspecified atom stereocenters. The Morgan fingerprint density at radius 1 is 1.10 bits per heavy atom. The molecule has 1 aromatic heterocycles. The number of fused-ring (bicyclic) bond motifs is 1. The second kappa shape index (κ2) is 12.5. The average Bonchev–Trinajstić information content (AvgIpc) is 3.56. The van der Waals surface area contributed by atoms with E-state index in [1.54, 1.807) is 31.1 Å². The zero-order valence-corrected chi connectivity index (χ0v) is 23.5. The van der Waals surface area contributed by atoms with Crippen LogP contribution < -0.4 is 5.32 Å².